The number of amides is 3. The molecule has 4 aromatic rings. The summed E-state index contributed by atoms with van der Waals surface area (Å²) in [5.41, 5.74) is 1.43. The number of aliphatic hydroxyl groups excluding tert-OH is 1. The molecule has 4 heterocycles. The van der Waals surface area contributed by atoms with E-state index in [-0.39, 0.29) is 43.2 Å². The normalized spacial score (nSPS) is 15.4. The van der Waals surface area contributed by atoms with Crippen LogP contribution in [0.15, 0.2) is 57.6 Å². The Bertz CT molecular complexity index is 1400. The monoisotopic (exact) mass is 566 g/mol. The summed E-state index contributed by atoms with van der Waals surface area (Å²) in [6.07, 6.45) is 2.21. The molecule has 0 aliphatic carbocycles. The number of thiazole rings is 1. The molecule has 3 amide bonds. The topological polar surface area (TPSA) is 116 Å². The SMILES string of the molecule is O=C(NCCO)C1CCCN(C(=O)CCCN(C(=O)c2cccs2)c2nc(-c3cc4ccccc4o3)cs2)C1. The van der Waals surface area contributed by atoms with Crippen LogP contribution in [0.4, 0.5) is 5.13 Å². The second kappa shape index (κ2) is 12.5. The van der Waals surface area contributed by atoms with E-state index in [1.54, 1.807) is 15.9 Å². The average Bonchev–Trinajstić information content (AvgIpc) is 3.74. The Morgan fingerprint density at radius 1 is 1.18 bits per heavy atom. The molecule has 1 saturated heterocycles. The molecule has 0 radical (unpaired) electrons. The van der Waals surface area contributed by atoms with E-state index in [0.29, 0.717) is 47.5 Å². The third kappa shape index (κ3) is 6.38. The summed E-state index contributed by atoms with van der Waals surface area (Å²) in [6.45, 7) is 1.44. The summed E-state index contributed by atoms with van der Waals surface area (Å²) in [7, 11) is 0. The highest BCUT2D eigenvalue weighted by atomic mass is 32.1. The fourth-order valence-electron chi connectivity index (χ4n) is 4.71. The van der Waals surface area contributed by atoms with E-state index in [9.17, 15) is 14.4 Å². The van der Waals surface area contributed by atoms with E-state index in [1.807, 2.05) is 47.2 Å². The van der Waals surface area contributed by atoms with Gasteiger partial charge >= 0.3 is 0 Å². The van der Waals surface area contributed by atoms with Crippen molar-refractivity contribution in [2.75, 3.05) is 37.7 Å². The molecule has 1 atom stereocenters. The van der Waals surface area contributed by atoms with Crippen molar-refractivity contribution in [2.45, 2.75) is 25.7 Å². The number of furan rings is 1. The lowest BCUT2D eigenvalue weighted by molar-refractivity contribution is -0.135. The fraction of sp³-hybridized carbons (Fsp3) is 0.357. The number of rotatable bonds is 10. The lowest BCUT2D eigenvalue weighted by Gasteiger charge is -2.32. The first-order chi connectivity index (χ1) is 19.0. The Labute approximate surface area is 234 Å². The molecule has 1 aliphatic heterocycles. The summed E-state index contributed by atoms with van der Waals surface area (Å²) < 4.78 is 5.96. The number of thiophene rings is 1. The number of hydrogen-bond acceptors (Lipinski definition) is 8. The molecule has 1 aromatic carbocycles. The number of aromatic nitrogens is 1. The van der Waals surface area contributed by atoms with Crippen LogP contribution < -0.4 is 10.2 Å². The lowest BCUT2D eigenvalue weighted by atomic mass is 9.96. The van der Waals surface area contributed by atoms with Crippen molar-refractivity contribution in [2.24, 2.45) is 5.92 Å². The number of fused-ring (bicyclic) bond motifs is 1. The molecule has 1 aliphatic rings. The highest BCUT2D eigenvalue weighted by Gasteiger charge is 2.29. The predicted octanol–water partition coefficient (Wildman–Crippen LogP) is 4.39. The van der Waals surface area contributed by atoms with Crippen LogP contribution in [-0.4, -0.2) is 65.5 Å². The maximum Gasteiger partial charge on any atom is 0.270 e. The van der Waals surface area contributed by atoms with Gasteiger partial charge in [0.25, 0.3) is 5.91 Å². The number of nitrogens with zero attached hydrogens (tertiary/aromatic N) is 3. The summed E-state index contributed by atoms with van der Waals surface area (Å²) >= 11 is 2.74. The predicted molar refractivity (Wildman–Crippen MR) is 152 cm³/mol. The molecule has 5 rings (SSSR count). The third-order valence-corrected chi connectivity index (χ3v) is 8.43. The van der Waals surface area contributed by atoms with Gasteiger partial charge < -0.3 is 19.7 Å². The number of aliphatic hydroxyl groups is 1. The molecule has 11 heteroatoms. The van der Waals surface area contributed by atoms with E-state index >= 15 is 0 Å². The Morgan fingerprint density at radius 2 is 2.05 bits per heavy atom. The van der Waals surface area contributed by atoms with E-state index in [0.717, 1.165) is 23.8 Å². The van der Waals surface area contributed by atoms with Crippen LogP contribution in [0.5, 0.6) is 0 Å². The molecule has 3 aromatic heterocycles. The van der Waals surface area contributed by atoms with E-state index in [4.69, 9.17) is 14.5 Å². The molecule has 1 unspecified atom stereocenters. The summed E-state index contributed by atoms with van der Waals surface area (Å²) in [5.74, 6) is 0.0679. The van der Waals surface area contributed by atoms with Gasteiger partial charge in [-0.05, 0) is 42.8 Å². The highest BCUT2D eigenvalue weighted by Crippen LogP contribution is 2.32. The maximum atomic E-state index is 13.4. The van der Waals surface area contributed by atoms with Crippen molar-refractivity contribution in [3.8, 4) is 11.5 Å². The van der Waals surface area contributed by atoms with Crippen molar-refractivity contribution in [1.29, 1.82) is 0 Å². The molecular formula is C28H30N4O5S2. The molecule has 0 saturated carbocycles. The van der Waals surface area contributed by atoms with Gasteiger partial charge in [-0.15, -0.1) is 22.7 Å². The first-order valence-corrected chi connectivity index (χ1v) is 14.8. The Kier molecular flexibility index (Phi) is 8.70. The zero-order chi connectivity index (χ0) is 27.2. The molecule has 204 valence electrons. The van der Waals surface area contributed by atoms with E-state index in [1.165, 1.54) is 22.7 Å². The van der Waals surface area contributed by atoms with Gasteiger partial charge in [-0.3, -0.25) is 19.3 Å². The van der Waals surface area contributed by atoms with Crippen molar-refractivity contribution < 1.29 is 23.9 Å². The molecule has 0 spiro atoms. The number of anilines is 1. The number of carbonyl (C=O) groups excluding carboxylic acids is 3. The smallest absolute Gasteiger partial charge is 0.270 e. The second-order valence-corrected chi connectivity index (χ2v) is 11.2. The Hall–Kier alpha value is -3.54. The van der Waals surface area contributed by atoms with E-state index in [2.05, 4.69) is 5.32 Å². The summed E-state index contributed by atoms with van der Waals surface area (Å²) in [5, 5.41) is 16.9. The lowest BCUT2D eigenvalue weighted by Crippen LogP contribution is -2.46. The van der Waals surface area contributed by atoms with Crippen LogP contribution in [0, 0.1) is 5.92 Å². The number of hydrogen-bond donors (Lipinski definition) is 2. The minimum atomic E-state index is -0.266. The van der Waals surface area contributed by atoms with Crippen LogP contribution in [0.25, 0.3) is 22.4 Å². The van der Waals surface area contributed by atoms with Crippen LogP contribution in [0.2, 0.25) is 0 Å². The standard InChI is InChI=1S/C28H30N4O5S2/c33-14-11-29-26(35)20-7-3-12-31(17-20)25(34)10-4-13-32(27(36)24-9-5-15-38-24)28-30-21(18-39-28)23-16-19-6-1-2-8-22(19)37-23/h1-2,5-6,8-9,15-16,18,20,33H,3-4,7,10-14,17H2,(H,29,35). The van der Waals surface area contributed by atoms with Crippen molar-refractivity contribution in [3.63, 3.8) is 0 Å². The summed E-state index contributed by atoms with van der Waals surface area (Å²) in [6, 6.07) is 13.3. The zero-order valence-electron chi connectivity index (χ0n) is 21.4. The molecule has 9 nitrogen and oxygen atoms in total. The number of piperidine rings is 1. The van der Waals surface area contributed by atoms with Crippen molar-refractivity contribution in [3.05, 3.63) is 58.1 Å². The van der Waals surface area contributed by atoms with Gasteiger partial charge in [0.05, 0.1) is 17.4 Å². The zero-order valence-corrected chi connectivity index (χ0v) is 23.0. The maximum absolute atomic E-state index is 13.4. The van der Waals surface area contributed by atoms with Crippen LogP contribution >= 0.6 is 22.7 Å². The largest absolute Gasteiger partial charge is 0.454 e. The fourth-order valence-corrected chi connectivity index (χ4v) is 6.22. The minimum absolute atomic E-state index is 0.0275. The average molecular weight is 567 g/mol. The van der Waals surface area contributed by atoms with Gasteiger partial charge in [-0.25, -0.2) is 4.98 Å². The first-order valence-electron chi connectivity index (χ1n) is 13.0. The van der Waals surface area contributed by atoms with Gasteiger partial charge in [0.15, 0.2) is 10.9 Å². The Balaban J connectivity index is 1.25. The van der Waals surface area contributed by atoms with Gasteiger partial charge in [-0.1, -0.05) is 24.3 Å². The van der Waals surface area contributed by atoms with Gasteiger partial charge in [0, 0.05) is 43.4 Å². The molecular weight excluding hydrogens is 536 g/mol. The van der Waals surface area contributed by atoms with Crippen LogP contribution in [0.1, 0.15) is 35.4 Å². The number of para-hydroxylation sites is 1. The molecule has 2 N–H and O–H groups in total. The van der Waals surface area contributed by atoms with Gasteiger partial charge in [0.2, 0.25) is 11.8 Å². The number of nitrogens with one attached hydrogen (secondary N) is 1. The van der Waals surface area contributed by atoms with Crippen LogP contribution in [0.3, 0.4) is 0 Å². The first kappa shape index (κ1) is 27.0. The number of likely N-dealkylation sites (tertiary alicyclic amines) is 1. The minimum Gasteiger partial charge on any atom is -0.454 e. The number of benzene rings is 1. The quantitative estimate of drug-likeness (QED) is 0.294. The second-order valence-electron chi connectivity index (χ2n) is 9.39. The van der Waals surface area contributed by atoms with Gasteiger partial charge in [0.1, 0.15) is 11.3 Å². The highest BCUT2D eigenvalue weighted by molar-refractivity contribution is 7.14. The van der Waals surface area contributed by atoms with Crippen LogP contribution in [-0.2, 0) is 9.59 Å². The van der Waals surface area contributed by atoms with Crippen molar-refractivity contribution >= 4 is 56.5 Å². The van der Waals surface area contributed by atoms with Crippen molar-refractivity contribution in [1.82, 2.24) is 15.2 Å². The number of carbonyl (C=O) groups is 3. The summed E-state index contributed by atoms with van der Waals surface area (Å²) in [4.78, 5) is 47.4. The molecule has 1 fully saturated rings. The van der Waals surface area contributed by atoms with Gasteiger partial charge in [-0.2, -0.15) is 0 Å². The molecule has 0 bridgehead atoms. The third-order valence-electron chi connectivity index (χ3n) is 6.71. The van der Waals surface area contributed by atoms with E-state index < -0.39 is 0 Å². The Morgan fingerprint density at radius 3 is 2.85 bits per heavy atom. The molecule has 39 heavy (non-hydrogen) atoms.